The molecule has 11 atom stereocenters. The Balaban J connectivity index is 1.43. The van der Waals surface area contributed by atoms with Crippen LogP contribution in [-0.2, 0) is 18.9 Å². The maximum Gasteiger partial charge on any atom is 0.229 e. The number of aromatic hydroxyl groups is 4. The zero-order chi connectivity index (χ0) is 31.3. The summed E-state index contributed by atoms with van der Waals surface area (Å²) in [6, 6.07) is 5.47. The van der Waals surface area contributed by atoms with Gasteiger partial charge in [0.25, 0.3) is 0 Å². The van der Waals surface area contributed by atoms with E-state index in [4.69, 9.17) is 23.7 Å². The number of rotatable bonds is 6. The number of hydrogen-bond donors (Lipinski definition) is 11. The first-order chi connectivity index (χ1) is 20.3. The van der Waals surface area contributed by atoms with E-state index in [1.54, 1.807) is 0 Å². The minimum atomic E-state index is -1.93. The lowest BCUT2D eigenvalue weighted by atomic mass is 9.97. The molecule has 0 aliphatic carbocycles. The molecule has 0 radical (unpaired) electrons. The molecule has 16 heteroatoms. The molecule has 0 amide bonds. The van der Waals surface area contributed by atoms with E-state index in [0.29, 0.717) is 0 Å². The van der Waals surface area contributed by atoms with E-state index < -0.39 is 103 Å². The van der Waals surface area contributed by atoms with Crippen molar-refractivity contribution in [1.82, 2.24) is 0 Å². The predicted octanol–water partition coefficient (Wildman–Crippen LogP) is -2.03. The average molecular weight is 613 g/mol. The summed E-state index contributed by atoms with van der Waals surface area (Å²) in [5.41, 5.74) is -0.217. The zero-order valence-electron chi connectivity index (χ0n) is 22.4. The summed E-state index contributed by atoms with van der Waals surface area (Å²) in [6.45, 7) is 0.849. The van der Waals surface area contributed by atoms with Crippen LogP contribution in [0.3, 0.4) is 0 Å². The van der Waals surface area contributed by atoms with E-state index in [1.165, 1.54) is 13.0 Å². The van der Waals surface area contributed by atoms with Gasteiger partial charge in [0.15, 0.2) is 29.3 Å². The molecular weight excluding hydrogens is 580 g/mol. The maximum atomic E-state index is 11.2. The van der Waals surface area contributed by atoms with Crippen molar-refractivity contribution in [3.05, 3.63) is 47.2 Å². The first-order valence-corrected chi connectivity index (χ1v) is 13.1. The van der Waals surface area contributed by atoms with E-state index in [-0.39, 0.29) is 22.6 Å². The van der Waals surface area contributed by atoms with Gasteiger partial charge in [0, 0.05) is 17.7 Å². The fourth-order valence-electron chi connectivity index (χ4n) is 4.97. The van der Waals surface area contributed by atoms with Gasteiger partial charge in [0.05, 0.1) is 18.3 Å². The standard InChI is InChI=1S/C27H32O16/c1-8-17(32)20(35)22(37)26(40-8)39-7-15-18(33)21(36)23(38)27(42-15)43-25-19(34)16-13(31)5-10(28)6-14(16)41-24(25)9-2-3-11(29)12(30)4-9/h2-6,8,15,17-23,26-38H,7H2,1H3. The average Bonchev–Trinajstić information content (AvgIpc) is 2.96. The molecule has 16 nitrogen and oxygen atoms in total. The van der Waals surface area contributed by atoms with Crippen LogP contribution in [0.2, 0.25) is 0 Å². The van der Waals surface area contributed by atoms with Crippen LogP contribution in [0.1, 0.15) is 24.2 Å². The summed E-state index contributed by atoms with van der Waals surface area (Å²) in [5, 5.41) is 113. The maximum absolute atomic E-state index is 11.2. The van der Waals surface area contributed by atoms with Crippen molar-refractivity contribution in [2.45, 2.75) is 74.4 Å². The molecule has 43 heavy (non-hydrogen) atoms. The zero-order valence-corrected chi connectivity index (χ0v) is 22.4. The highest BCUT2D eigenvalue weighted by atomic mass is 16.7. The van der Waals surface area contributed by atoms with Crippen LogP contribution in [0.15, 0.2) is 36.1 Å². The molecule has 2 aromatic carbocycles. The Labute approximate surface area is 243 Å². The normalized spacial score (nSPS) is 36.1. The summed E-state index contributed by atoms with van der Waals surface area (Å²) in [6.07, 6.45) is -17.7. The molecule has 11 N–H and O–H groups in total. The summed E-state index contributed by atoms with van der Waals surface area (Å²) >= 11 is 0. The number of phenolic OH excluding ortho intramolecular Hbond substituents is 4. The minimum absolute atomic E-state index is 0.0295. The summed E-state index contributed by atoms with van der Waals surface area (Å²) in [7, 11) is 0. The SMILES string of the molecule is CC1OC(OCC2OC(OC3=C(c4ccc(O)c(O)c4)Oc4cc(O)cc(O)c4C3O)C(O)C(O)C2O)C(O)C(O)C1O. The summed E-state index contributed by atoms with van der Waals surface area (Å²) in [5.74, 6) is -3.04. The first-order valence-electron chi connectivity index (χ1n) is 13.1. The van der Waals surface area contributed by atoms with E-state index in [1.807, 2.05) is 0 Å². The molecule has 3 heterocycles. The Morgan fingerprint density at radius 1 is 0.698 bits per heavy atom. The number of ether oxygens (including phenoxy) is 5. The lowest BCUT2D eigenvalue weighted by Crippen LogP contribution is -2.61. The van der Waals surface area contributed by atoms with Crippen molar-refractivity contribution in [2.24, 2.45) is 0 Å². The molecule has 2 fully saturated rings. The first kappa shape index (κ1) is 31.0. The van der Waals surface area contributed by atoms with Gasteiger partial charge >= 0.3 is 0 Å². The lowest BCUT2D eigenvalue weighted by Gasteiger charge is -2.43. The molecule has 3 aliphatic heterocycles. The fraction of sp³-hybridized carbons (Fsp3) is 0.481. The molecule has 0 aromatic heterocycles. The molecule has 3 aliphatic rings. The Morgan fingerprint density at radius 3 is 2.07 bits per heavy atom. The van der Waals surface area contributed by atoms with E-state index in [2.05, 4.69) is 0 Å². The molecule has 0 saturated carbocycles. The number of hydrogen-bond acceptors (Lipinski definition) is 16. The lowest BCUT2D eigenvalue weighted by molar-refractivity contribution is -0.324. The van der Waals surface area contributed by atoms with Gasteiger partial charge in [-0.05, 0) is 25.1 Å². The second-order valence-corrected chi connectivity index (χ2v) is 10.4. The number of aliphatic hydroxyl groups excluding tert-OH is 7. The molecule has 0 spiro atoms. The third-order valence-electron chi connectivity index (χ3n) is 7.44. The van der Waals surface area contributed by atoms with Crippen LogP contribution < -0.4 is 4.74 Å². The van der Waals surface area contributed by atoms with Gasteiger partial charge in [-0.2, -0.15) is 0 Å². The van der Waals surface area contributed by atoms with Crippen LogP contribution >= 0.6 is 0 Å². The molecule has 11 unspecified atom stereocenters. The number of fused-ring (bicyclic) bond motifs is 1. The van der Waals surface area contributed by atoms with E-state index in [0.717, 1.165) is 24.3 Å². The minimum Gasteiger partial charge on any atom is -0.508 e. The molecule has 2 saturated heterocycles. The van der Waals surface area contributed by atoms with Crippen molar-refractivity contribution in [3.63, 3.8) is 0 Å². The van der Waals surface area contributed by atoms with Gasteiger partial charge in [0.1, 0.15) is 66.1 Å². The van der Waals surface area contributed by atoms with Gasteiger partial charge in [0.2, 0.25) is 6.29 Å². The van der Waals surface area contributed by atoms with Crippen LogP contribution in [0.4, 0.5) is 0 Å². The number of phenols is 4. The Kier molecular flexibility index (Phi) is 8.61. The highest BCUT2D eigenvalue weighted by molar-refractivity contribution is 5.72. The van der Waals surface area contributed by atoms with Crippen molar-refractivity contribution >= 4 is 5.76 Å². The van der Waals surface area contributed by atoms with Crippen LogP contribution in [-0.4, -0.2) is 124 Å². The molecule has 2 aromatic rings. The van der Waals surface area contributed by atoms with Crippen LogP contribution in [0.25, 0.3) is 5.76 Å². The molecular formula is C27H32O16. The highest BCUT2D eigenvalue weighted by Gasteiger charge is 2.48. The fourth-order valence-corrected chi connectivity index (χ4v) is 4.97. The Hall–Kier alpha value is -3.42. The molecule has 5 rings (SSSR count). The van der Waals surface area contributed by atoms with Crippen molar-refractivity contribution in [2.75, 3.05) is 6.61 Å². The van der Waals surface area contributed by atoms with Gasteiger partial charge in [-0.3, -0.25) is 0 Å². The van der Waals surface area contributed by atoms with Crippen LogP contribution in [0, 0.1) is 0 Å². The van der Waals surface area contributed by atoms with E-state index >= 15 is 0 Å². The summed E-state index contributed by atoms with van der Waals surface area (Å²) in [4.78, 5) is 0. The van der Waals surface area contributed by atoms with Gasteiger partial charge in [-0.15, -0.1) is 0 Å². The Bertz CT molecular complexity index is 1360. The smallest absolute Gasteiger partial charge is 0.229 e. The largest absolute Gasteiger partial charge is 0.508 e. The van der Waals surface area contributed by atoms with Crippen molar-refractivity contribution in [3.8, 4) is 28.7 Å². The third-order valence-corrected chi connectivity index (χ3v) is 7.44. The quantitative estimate of drug-likeness (QED) is 0.157. The third kappa shape index (κ3) is 5.77. The number of benzene rings is 2. The van der Waals surface area contributed by atoms with Gasteiger partial charge < -0.3 is 79.9 Å². The summed E-state index contributed by atoms with van der Waals surface area (Å²) < 4.78 is 28.0. The second-order valence-electron chi connectivity index (χ2n) is 10.4. The highest BCUT2D eigenvalue weighted by Crippen LogP contribution is 2.48. The topological polar surface area (TPSA) is 269 Å². The molecule has 236 valence electrons. The van der Waals surface area contributed by atoms with Gasteiger partial charge in [-0.25, -0.2) is 0 Å². The second kappa shape index (κ2) is 11.9. The van der Waals surface area contributed by atoms with Crippen molar-refractivity contribution in [1.29, 1.82) is 0 Å². The Morgan fingerprint density at radius 2 is 1.37 bits per heavy atom. The van der Waals surface area contributed by atoms with Crippen molar-refractivity contribution < 1.29 is 79.9 Å². The monoisotopic (exact) mass is 612 g/mol. The molecule has 0 bridgehead atoms. The van der Waals surface area contributed by atoms with Crippen LogP contribution in [0.5, 0.6) is 28.7 Å². The van der Waals surface area contributed by atoms with E-state index in [9.17, 15) is 56.2 Å². The number of aliphatic hydroxyl groups is 7. The predicted molar refractivity (Wildman–Crippen MR) is 138 cm³/mol. The van der Waals surface area contributed by atoms with Gasteiger partial charge in [-0.1, -0.05) is 0 Å².